The van der Waals surface area contributed by atoms with Crippen LogP contribution >= 0.6 is 0 Å². The van der Waals surface area contributed by atoms with Crippen molar-refractivity contribution in [1.29, 1.82) is 0 Å². The molecule has 0 radical (unpaired) electrons. The molecule has 2 aromatic carbocycles. The molecule has 1 unspecified atom stereocenters. The van der Waals surface area contributed by atoms with Gasteiger partial charge in [0, 0.05) is 12.6 Å². The zero-order valence-corrected chi connectivity index (χ0v) is 15.6. The van der Waals surface area contributed by atoms with Crippen molar-refractivity contribution in [3.63, 3.8) is 0 Å². The van der Waals surface area contributed by atoms with E-state index in [9.17, 15) is 9.59 Å². The molecule has 0 aliphatic heterocycles. The summed E-state index contributed by atoms with van der Waals surface area (Å²) in [6.45, 7) is 1.46. The van der Waals surface area contributed by atoms with E-state index in [1.807, 2.05) is 54.6 Å². The summed E-state index contributed by atoms with van der Waals surface area (Å²) in [5, 5.41) is 5.73. The molecule has 1 fully saturated rings. The number of hydrogen-bond donors (Lipinski definition) is 2. The van der Waals surface area contributed by atoms with E-state index >= 15 is 0 Å². The molecule has 1 atom stereocenters. The highest BCUT2D eigenvalue weighted by atomic mass is 16.5. The van der Waals surface area contributed by atoms with Gasteiger partial charge in [-0.1, -0.05) is 30.3 Å². The fraction of sp³-hybridized carbons (Fsp3) is 0.364. The first kappa shape index (κ1) is 19.0. The lowest BCUT2D eigenvalue weighted by Gasteiger charge is -2.18. The van der Waals surface area contributed by atoms with Gasteiger partial charge in [0.1, 0.15) is 5.75 Å². The second-order valence-corrected chi connectivity index (χ2v) is 6.96. The van der Waals surface area contributed by atoms with Crippen molar-refractivity contribution >= 4 is 17.5 Å². The van der Waals surface area contributed by atoms with Gasteiger partial charge in [-0.2, -0.15) is 0 Å². The molecule has 0 heterocycles. The van der Waals surface area contributed by atoms with Crippen molar-refractivity contribution in [1.82, 2.24) is 5.32 Å². The average molecular weight is 366 g/mol. The Balaban J connectivity index is 1.57. The smallest absolute Gasteiger partial charge is 0.226 e. The molecule has 3 rings (SSSR count). The predicted octanol–water partition coefficient (Wildman–Crippen LogP) is 4.21. The number of anilines is 1. The first-order chi connectivity index (χ1) is 13.1. The van der Waals surface area contributed by atoms with Crippen molar-refractivity contribution in [2.75, 3.05) is 5.32 Å². The van der Waals surface area contributed by atoms with Crippen LogP contribution in [-0.4, -0.2) is 17.9 Å². The van der Waals surface area contributed by atoms with Crippen molar-refractivity contribution in [3.8, 4) is 5.75 Å². The van der Waals surface area contributed by atoms with Crippen molar-refractivity contribution in [3.05, 3.63) is 60.2 Å². The van der Waals surface area contributed by atoms with Crippen LogP contribution in [0.2, 0.25) is 0 Å². The molecule has 0 spiro atoms. The summed E-state index contributed by atoms with van der Waals surface area (Å²) >= 11 is 0. The van der Waals surface area contributed by atoms with E-state index < -0.39 is 0 Å². The Kier molecular flexibility index (Phi) is 6.47. The highest BCUT2D eigenvalue weighted by Gasteiger charge is 2.18. The average Bonchev–Trinajstić information content (AvgIpc) is 3.16. The van der Waals surface area contributed by atoms with E-state index in [1.165, 1.54) is 19.8 Å². The fourth-order valence-corrected chi connectivity index (χ4v) is 3.40. The van der Waals surface area contributed by atoms with Crippen LogP contribution < -0.4 is 15.4 Å². The van der Waals surface area contributed by atoms with Crippen LogP contribution in [0.3, 0.4) is 0 Å². The SMILES string of the molecule is CC(=O)NC(CC(=O)Nc1ccc(OC2CCCC2)cc1)c1ccccc1. The number of hydrogen-bond acceptors (Lipinski definition) is 3. The van der Waals surface area contributed by atoms with Crippen LogP contribution in [0.1, 0.15) is 50.6 Å². The van der Waals surface area contributed by atoms with Gasteiger partial charge in [0.25, 0.3) is 0 Å². The third-order valence-corrected chi connectivity index (χ3v) is 4.71. The molecule has 5 heteroatoms. The molecular weight excluding hydrogens is 340 g/mol. The van der Waals surface area contributed by atoms with E-state index in [1.54, 1.807) is 0 Å². The molecule has 2 N–H and O–H groups in total. The molecule has 0 bridgehead atoms. The Morgan fingerprint density at radius 1 is 1.04 bits per heavy atom. The molecule has 1 aliphatic rings. The van der Waals surface area contributed by atoms with Crippen LogP contribution in [0, 0.1) is 0 Å². The molecule has 142 valence electrons. The van der Waals surface area contributed by atoms with E-state index in [-0.39, 0.29) is 24.3 Å². The minimum absolute atomic E-state index is 0.151. The van der Waals surface area contributed by atoms with Crippen molar-refractivity contribution in [2.45, 2.75) is 51.2 Å². The highest BCUT2D eigenvalue weighted by molar-refractivity contribution is 5.91. The van der Waals surface area contributed by atoms with E-state index in [4.69, 9.17) is 4.74 Å². The summed E-state index contributed by atoms with van der Waals surface area (Å²) in [7, 11) is 0. The van der Waals surface area contributed by atoms with Crippen LogP contribution in [-0.2, 0) is 9.59 Å². The molecular formula is C22H26N2O3. The molecule has 0 aromatic heterocycles. The Morgan fingerprint density at radius 2 is 1.70 bits per heavy atom. The fourth-order valence-electron chi connectivity index (χ4n) is 3.40. The van der Waals surface area contributed by atoms with E-state index in [0.29, 0.717) is 11.8 Å². The van der Waals surface area contributed by atoms with Crippen molar-refractivity contribution in [2.24, 2.45) is 0 Å². The minimum Gasteiger partial charge on any atom is -0.490 e. The lowest BCUT2D eigenvalue weighted by atomic mass is 10.0. The summed E-state index contributed by atoms with van der Waals surface area (Å²) in [5.41, 5.74) is 1.62. The molecule has 1 saturated carbocycles. The maximum absolute atomic E-state index is 12.4. The van der Waals surface area contributed by atoms with Gasteiger partial charge >= 0.3 is 0 Å². The van der Waals surface area contributed by atoms with Gasteiger partial charge < -0.3 is 15.4 Å². The summed E-state index contributed by atoms with van der Waals surface area (Å²) in [4.78, 5) is 23.9. The number of benzene rings is 2. The second kappa shape index (κ2) is 9.21. The van der Waals surface area contributed by atoms with Gasteiger partial charge in [0.15, 0.2) is 0 Å². The number of nitrogens with one attached hydrogen (secondary N) is 2. The van der Waals surface area contributed by atoms with Gasteiger partial charge in [-0.15, -0.1) is 0 Å². The van der Waals surface area contributed by atoms with Gasteiger partial charge in [0.2, 0.25) is 11.8 Å². The van der Waals surface area contributed by atoms with Gasteiger partial charge in [-0.25, -0.2) is 0 Å². The number of ether oxygens (including phenoxy) is 1. The third kappa shape index (κ3) is 5.84. The zero-order valence-electron chi connectivity index (χ0n) is 15.6. The monoisotopic (exact) mass is 366 g/mol. The third-order valence-electron chi connectivity index (χ3n) is 4.71. The first-order valence-corrected chi connectivity index (χ1v) is 9.49. The van der Waals surface area contributed by atoms with Gasteiger partial charge in [0.05, 0.1) is 18.6 Å². The number of carbonyl (C=O) groups is 2. The number of amides is 2. The van der Waals surface area contributed by atoms with Crippen LogP contribution in [0.5, 0.6) is 5.75 Å². The molecule has 0 saturated heterocycles. The quantitative estimate of drug-likeness (QED) is 0.771. The standard InChI is InChI=1S/C22H26N2O3/c1-16(25)23-21(17-7-3-2-4-8-17)15-22(26)24-18-11-13-20(14-12-18)27-19-9-5-6-10-19/h2-4,7-8,11-14,19,21H,5-6,9-10,15H2,1H3,(H,23,25)(H,24,26). The normalized spacial score (nSPS) is 15.1. The topological polar surface area (TPSA) is 67.4 Å². The molecule has 2 aromatic rings. The maximum Gasteiger partial charge on any atom is 0.226 e. The predicted molar refractivity (Wildman–Crippen MR) is 106 cm³/mol. The summed E-state index contributed by atoms with van der Waals surface area (Å²) < 4.78 is 5.94. The minimum atomic E-state index is -0.353. The largest absolute Gasteiger partial charge is 0.490 e. The van der Waals surface area contributed by atoms with E-state index in [2.05, 4.69) is 10.6 Å². The van der Waals surface area contributed by atoms with E-state index in [0.717, 1.165) is 24.2 Å². The number of carbonyl (C=O) groups excluding carboxylic acids is 2. The summed E-state index contributed by atoms with van der Waals surface area (Å²) in [6.07, 6.45) is 5.18. The zero-order chi connectivity index (χ0) is 19.1. The lowest BCUT2D eigenvalue weighted by Crippen LogP contribution is -2.29. The summed E-state index contributed by atoms with van der Waals surface area (Å²) in [5.74, 6) is 0.521. The second-order valence-electron chi connectivity index (χ2n) is 6.96. The molecule has 2 amide bonds. The molecule has 1 aliphatic carbocycles. The lowest BCUT2D eigenvalue weighted by molar-refractivity contribution is -0.120. The van der Waals surface area contributed by atoms with Crippen molar-refractivity contribution < 1.29 is 14.3 Å². The number of rotatable bonds is 7. The Morgan fingerprint density at radius 3 is 2.33 bits per heavy atom. The first-order valence-electron chi connectivity index (χ1n) is 9.49. The Labute approximate surface area is 160 Å². The van der Waals surface area contributed by atoms with Gasteiger partial charge in [-0.3, -0.25) is 9.59 Å². The van der Waals surface area contributed by atoms with Gasteiger partial charge in [-0.05, 0) is 55.5 Å². The Hall–Kier alpha value is -2.82. The summed E-state index contributed by atoms with van der Waals surface area (Å²) in [6, 6.07) is 16.6. The van der Waals surface area contributed by atoms with Crippen LogP contribution in [0.4, 0.5) is 5.69 Å². The van der Waals surface area contributed by atoms with Crippen LogP contribution in [0.25, 0.3) is 0 Å². The molecule has 27 heavy (non-hydrogen) atoms. The highest BCUT2D eigenvalue weighted by Crippen LogP contribution is 2.25. The Bertz CT molecular complexity index is 753. The molecule has 5 nitrogen and oxygen atoms in total. The maximum atomic E-state index is 12.4. The van der Waals surface area contributed by atoms with Crippen LogP contribution in [0.15, 0.2) is 54.6 Å².